The number of carbonyl (C=O) groups is 1. The molecule has 1 aromatic carbocycles. The van der Waals surface area contributed by atoms with E-state index in [1.807, 2.05) is 0 Å². The third kappa shape index (κ3) is 5.07. The molecular weight excluding hydrogens is 426 g/mol. The lowest BCUT2D eigenvalue weighted by Gasteiger charge is -2.29. The van der Waals surface area contributed by atoms with Gasteiger partial charge in [-0.1, -0.05) is 32.6 Å². The highest BCUT2D eigenvalue weighted by atomic mass is 32.2. The van der Waals surface area contributed by atoms with Gasteiger partial charge in [0, 0.05) is 25.2 Å². The smallest absolute Gasteiger partial charge is 0.251 e. The number of aromatic nitrogens is 1. The summed E-state index contributed by atoms with van der Waals surface area (Å²) in [6, 6.07) is 8.01. The first-order valence-corrected chi connectivity index (χ1v) is 13.2. The molecule has 1 saturated heterocycles. The maximum absolute atomic E-state index is 13.1. The minimum Gasteiger partial charge on any atom is -0.352 e. The molecule has 0 atom stereocenters. The maximum atomic E-state index is 13.1. The van der Waals surface area contributed by atoms with Crippen molar-refractivity contribution >= 4 is 26.8 Å². The molecule has 4 rings (SSSR count). The van der Waals surface area contributed by atoms with Gasteiger partial charge < -0.3 is 5.32 Å². The zero-order valence-corrected chi connectivity index (χ0v) is 19.6. The highest BCUT2D eigenvalue weighted by Crippen LogP contribution is 2.25. The second-order valence-electron chi connectivity index (χ2n) is 9.32. The van der Waals surface area contributed by atoms with Crippen molar-refractivity contribution in [2.75, 3.05) is 13.1 Å². The summed E-state index contributed by atoms with van der Waals surface area (Å²) in [5.74, 6) is 0.363. The quantitative estimate of drug-likeness (QED) is 0.695. The van der Waals surface area contributed by atoms with Gasteiger partial charge in [-0.2, -0.15) is 4.31 Å². The lowest BCUT2D eigenvalue weighted by atomic mass is 10.0. The third-order valence-electron chi connectivity index (χ3n) is 6.86. The molecule has 1 aromatic heterocycles. The van der Waals surface area contributed by atoms with Crippen molar-refractivity contribution in [2.45, 2.75) is 75.8 Å². The van der Waals surface area contributed by atoms with Crippen LogP contribution in [0.25, 0.3) is 10.9 Å². The zero-order chi connectivity index (χ0) is 22.7. The highest BCUT2D eigenvalue weighted by molar-refractivity contribution is 7.89. The number of nitrogens with zero attached hydrogens (tertiary/aromatic N) is 2. The van der Waals surface area contributed by atoms with Crippen molar-refractivity contribution < 1.29 is 13.2 Å². The third-order valence-corrected chi connectivity index (χ3v) is 8.76. The van der Waals surface area contributed by atoms with Gasteiger partial charge in [-0.3, -0.25) is 14.2 Å². The summed E-state index contributed by atoms with van der Waals surface area (Å²) >= 11 is 0. The van der Waals surface area contributed by atoms with Gasteiger partial charge in [0.1, 0.15) is 6.54 Å². The minimum atomic E-state index is -3.58. The Morgan fingerprint density at radius 3 is 2.38 bits per heavy atom. The molecule has 1 saturated carbocycles. The molecule has 8 heteroatoms. The number of carbonyl (C=O) groups excluding carboxylic acids is 1. The van der Waals surface area contributed by atoms with Crippen LogP contribution in [0.1, 0.15) is 58.3 Å². The van der Waals surface area contributed by atoms with Crippen molar-refractivity contribution in [1.82, 2.24) is 14.2 Å². The Bertz CT molecular complexity index is 1130. The van der Waals surface area contributed by atoms with Gasteiger partial charge in [-0.25, -0.2) is 8.42 Å². The molecule has 1 aliphatic carbocycles. The first-order chi connectivity index (χ1) is 15.3. The molecule has 2 aromatic rings. The average Bonchev–Trinajstić information content (AvgIpc) is 3.04. The molecule has 0 radical (unpaired) electrons. The van der Waals surface area contributed by atoms with Crippen LogP contribution in [0.15, 0.2) is 40.0 Å². The molecule has 1 amide bonds. The van der Waals surface area contributed by atoms with Crippen LogP contribution in [0.4, 0.5) is 0 Å². The van der Waals surface area contributed by atoms with Crippen molar-refractivity contribution in [3.8, 4) is 0 Å². The number of amides is 1. The summed E-state index contributed by atoms with van der Waals surface area (Å²) in [5.41, 5.74) is 0.300. The van der Waals surface area contributed by atoms with E-state index in [4.69, 9.17) is 0 Å². The van der Waals surface area contributed by atoms with Crippen LogP contribution in [-0.2, 0) is 21.4 Å². The molecule has 1 N–H and O–H groups in total. The normalized spacial score (nSPS) is 19.7. The Morgan fingerprint density at radius 1 is 1.00 bits per heavy atom. The topological polar surface area (TPSA) is 88.5 Å². The molecule has 0 spiro atoms. The van der Waals surface area contributed by atoms with Crippen LogP contribution < -0.4 is 10.9 Å². The predicted octanol–water partition coefficient (Wildman–Crippen LogP) is 3.26. The molecule has 2 heterocycles. The second-order valence-corrected chi connectivity index (χ2v) is 11.3. The maximum Gasteiger partial charge on any atom is 0.251 e. The monoisotopic (exact) mass is 459 g/mol. The Balaban J connectivity index is 1.56. The average molecular weight is 460 g/mol. The summed E-state index contributed by atoms with van der Waals surface area (Å²) in [6.07, 6.45) is 8.33. The number of hydrogen-bond acceptors (Lipinski definition) is 4. The zero-order valence-electron chi connectivity index (χ0n) is 18.8. The van der Waals surface area contributed by atoms with E-state index in [2.05, 4.69) is 12.2 Å². The fourth-order valence-corrected chi connectivity index (χ4v) is 6.33. The van der Waals surface area contributed by atoms with Crippen LogP contribution in [0, 0.1) is 5.92 Å². The number of piperidine rings is 1. The molecule has 2 aliphatic rings. The van der Waals surface area contributed by atoms with Crippen molar-refractivity contribution in [1.29, 1.82) is 0 Å². The van der Waals surface area contributed by atoms with E-state index >= 15 is 0 Å². The number of fused-ring (bicyclic) bond motifs is 1. The van der Waals surface area contributed by atoms with Crippen molar-refractivity contribution in [3.05, 3.63) is 40.7 Å². The summed E-state index contributed by atoms with van der Waals surface area (Å²) < 4.78 is 29.2. The molecule has 0 unspecified atom stereocenters. The first-order valence-electron chi connectivity index (χ1n) is 11.8. The van der Waals surface area contributed by atoms with E-state index in [-0.39, 0.29) is 28.9 Å². The Hall–Kier alpha value is -2.19. The van der Waals surface area contributed by atoms with E-state index in [0.29, 0.717) is 29.9 Å². The van der Waals surface area contributed by atoms with Gasteiger partial charge in [-0.15, -0.1) is 0 Å². The number of sulfonamides is 1. The number of rotatable bonds is 5. The Kier molecular flexibility index (Phi) is 7.00. The van der Waals surface area contributed by atoms with E-state index in [0.717, 1.165) is 38.5 Å². The molecule has 32 heavy (non-hydrogen) atoms. The second kappa shape index (κ2) is 9.75. The summed E-state index contributed by atoms with van der Waals surface area (Å²) in [5, 5.41) is 3.72. The standard InChI is InChI=1S/C24H33N3O4S/c1-18-12-14-26(15-13-18)32(30,31)21-9-10-22-19(16-21)8-11-24(29)27(22)17-23(28)25-20-6-4-2-3-5-7-20/h8-11,16,18,20H,2-7,12-15,17H2,1H3,(H,25,28). The first kappa shape index (κ1) is 23.0. The van der Waals surface area contributed by atoms with Gasteiger partial charge in [0.15, 0.2) is 0 Å². The van der Waals surface area contributed by atoms with E-state index in [9.17, 15) is 18.0 Å². The van der Waals surface area contributed by atoms with E-state index < -0.39 is 10.0 Å². The lowest BCUT2D eigenvalue weighted by molar-refractivity contribution is -0.122. The van der Waals surface area contributed by atoms with Crippen LogP contribution in [0.2, 0.25) is 0 Å². The molecule has 174 valence electrons. The van der Waals surface area contributed by atoms with Crippen molar-refractivity contribution in [3.63, 3.8) is 0 Å². The van der Waals surface area contributed by atoms with Gasteiger partial charge in [0.25, 0.3) is 5.56 Å². The van der Waals surface area contributed by atoms with Crippen LogP contribution in [0.3, 0.4) is 0 Å². The van der Waals surface area contributed by atoms with Gasteiger partial charge in [0.2, 0.25) is 15.9 Å². The minimum absolute atomic E-state index is 0.0667. The van der Waals surface area contributed by atoms with Gasteiger partial charge >= 0.3 is 0 Å². The van der Waals surface area contributed by atoms with Gasteiger partial charge in [-0.05, 0) is 61.3 Å². The summed E-state index contributed by atoms with van der Waals surface area (Å²) in [7, 11) is -3.58. The SMILES string of the molecule is CC1CCN(S(=O)(=O)c2ccc3c(ccc(=O)n3CC(=O)NC3CCCCCC3)c2)CC1. The number of pyridine rings is 1. The van der Waals surface area contributed by atoms with Crippen LogP contribution >= 0.6 is 0 Å². The number of nitrogens with one attached hydrogen (secondary N) is 1. The Labute approximate surface area is 189 Å². The highest BCUT2D eigenvalue weighted by Gasteiger charge is 2.28. The molecular formula is C24H33N3O4S. The van der Waals surface area contributed by atoms with E-state index in [1.54, 1.807) is 28.6 Å². The van der Waals surface area contributed by atoms with Crippen molar-refractivity contribution in [2.24, 2.45) is 5.92 Å². The fourth-order valence-electron chi connectivity index (χ4n) is 4.82. The van der Waals surface area contributed by atoms with Crippen LogP contribution in [-0.4, -0.2) is 42.3 Å². The molecule has 7 nitrogen and oxygen atoms in total. The largest absolute Gasteiger partial charge is 0.352 e. The molecule has 1 aliphatic heterocycles. The number of benzene rings is 1. The summed E-state index contributed by atoms with van der Waals surface area (Å²) in [6.45, 7) is 3.14. The Morgan fingerprint density at radius 2 is 1.69 bits per heavy atom. The predicted molar refractivity (Wildman–Crippen MR) is 125 cm³/mol. The summed E-state index contributed by atoms with van der Waals surface area (Å²) in [4.78, 5) is 25.4. The fraction of sp³-hybridized carbons (Fsp3) is 0.583. The molecule has 0 bridgehead atoms. The van der Waals surface area contributed by atoms with Gasteiger partial charge in [0.05, 0.1) is 10.4 Å². The number of hydrogen-bond donors (Lipinski definition) is 1. The van der Waals surface area contributed by atoms with Crippen LogP contribution in [0.5, 0.6) is 0 Å². The lowest BCUT2D eigenvalue weighted by Crippen LogP contribution is -2.38. The van der Waals surface area contributed by atoms with E-state index in [1.165, 1.54) is 23.5 Å². The molecule has 2 fully saturated rings.